The number of carbonyl (C=O) groups excluding carboxylic acids is 2. The average Bonchev–Trinajstić information content (AvgIpc) is 3.36. The Labute approximate surface area is 161 Å². The van der Waals surface area contributed by atoms with Crippen LogP contribution in [-0.4, -0.2) is 40.3 Å². The van der Waals surface area contributed by atoms with Crippen LogP contribution < -0.4 is 0 Å². The van der Waals surface area contributed by atoms with Gasteiger partial charge in [0, 0.05) is 11.1 Å². The van der Waals surface area contributed by atoms with Crippen molar-refractivity contribution in [2.24, 2.45) is 5.92 Å². The third kappa shape index (κ3) is 4.46. The molecule has 8 nitrogen and oxygen atoms in total. The molecule has 2 heterocycles. The van der Waals surface area contributed by atoms with Crippen LogP contribution in [0.25, 0.3) is 22.7 Å². The maximum atomic E-state index is 12.0. The molecule has 1 aromatic carbocycles. The summed E-state index contributed by atoms with van der Waals surface area (Å²) in [7, 11) is 0. The second-order valence-electron chi connectivity index (χ2n) is 6.49. The zero-order chi connectivity index (χ0) is 20.1. The Hall–Kier alpha value is -3.42. The summed E-state index contributed by atoms with van der Waals surface area (Å²) >= 11 is 0. The molecule has 0 fully saturated rings. The number of H-pyrrole nitrogens is 1. The highest BCUT2D eigenvalue weighted by molar-refractivity contribution is 5.89. The van der Waals surface area contributed by atoms with E-state index in [4.69, 9.17) is 13.9 Å². The molecule has 0 amide bonds. The summed E-state index contributed by atoms with van der Waals surface area (Å²) in [5.41, 5.74) is 2.28. The Morgan fingerprint density at radius 1 is 1.14 bits per heavy atom. The smallest absolute Gasteiger partial charge is 0.375 e. The van der Waals surface area contributed by atoms with E-state index in [9.17, 15) is 9.59 Å². The van der Waals surface area contributed by atoms with E-state index in [-0.39, 0.29) is 29.9 Å². The summed E-state index contributed by atoms with van der Waals surface area (Å²) < 4.78 is 15.6. The Morgan fingerprint density at radius 3 is 2.68 bits per heavy atom. The van der Waals surface area contributed by atoms with Gasteiger partial charge in [0.1, 0.15) is 5.69 Å². The van der Waals surface area contributed by atoms with Gasteiger partial charge in [-0.1, -0.05) is 26.0 Å². The molecule has 0 spiro atoms. The minimum Gasteiger partial charge on any atom is -0.461 e. The second kappa shape index (κ2) is 8.51. The van der Waals surface area contributed by atoms with Crippen LogP contribution >= 0.6 is 0 Å². The van der Waals surface area contributed by atoms with Gasteiger partial charge in [-0.05, 0) is 31.0 Å². The molecule has 0 bridgehead atoms. The number of carbonyl (C=O) groups is 2. The van der Waals surface area contributed by atoms with Crippen LogP contribution in [0, 0.1) is 5.92 Å². The average molecular weight is 383 g/mol. The summed E-state index contributed by atoms with van der Waals surface area (Å²) in [6.07, 6.45) is 1.33. The lowest BCUT2D eigenvalue weighted by molar-refractivity contribution is 0.0450. The van der Waals surface area contributed by atoms with Crippen LogP contribution in [0.2, 0.25) is 0 Å². The number of benzene rings is 1. The highest BCUT2D eigenvalue weighted by atomic mass is 16.5. The van der Waals surface area contributed by atoms with Gasteiger partial charge in [-0.2, -0.15) is 5.10 Å². The molecule has 1 N–H and O–H groups in total. The molecular weight excluding hydrogens is 362 g/mol. The lowest BCUT2D eigenvalue weighted by atomic mass is 10.1. The van der Waals surface area contributed by atoms with Crippen molar-refractivity contribution in [1.82, 2.24) is 15.2 Å². The van der Waals surface area contributed by atoms with Crippen molar-refractivity contribution in [2.45, 2.75) is 20.8 Å². The van der Waals surface area contributed by atoms with Crippen LogP contribution in [0.5, 0.6) is 0 Å². The number of nitrogens with zero attached hydrogens (tertiary/aromatic N) is 2. The van der Waals surface area contributed by atoms with Gasteiger partial charge in [-0.3, -0.25) is 5.10 Å². The van der Waals surface area contributed by atoms with Gasteiger partial charge >= 0.3 is 11.9 Å². The number of hydrogen-bond acceptors (Lipinski definition) is 7. The molecule has 0 aliphatic carbocycles. The van der Waals surface area contributed by atoms with Gasteiger partial charge in [0.15, 0.2) is 0 Å². The third-order valence-corrected chi connectivity index (χ3v) is 3.73. The van der Waals surface area contributed by atoms with Crippen LogP contribution in [0.15, 0.2) is 40.9 Å². The fraction of sp³-hybridized carbons (Fsp3) is 0.300. The van der Waals surface area contributed by atoms with E-state index in [1.165, 1.54) is 6.20 Å². The summed E-state index contributed by atoms with van der Waals surface area (Å²) in [6.45, 7) is 6.25. The van der Waals surface area contributed by atoms with Gasteiger partial charge in [-0.25, -0.2) is 14.6 Å². The fourth-order valence-electron chi connectivity index (χ4n) is 2.41. The summed E-state index contributed by atoms with van der Waals surface area (Å²) in [4.78, 5) is 27.9. The number of oxazole rings is 1. The molecule has 8 heteroatoms. The number of ether oxygens (including phenoxy) is 2. The van der Waals surface area contributed by atoms with Crippen molar-refractivity contribution < 1.29 is 23.5 Å². The first-order chi connectivity index (χ1) is 13.5. The first kappa shape index (κ1) is 19.3. The first-order valence-corrected chi connectivity index (χ1v) is 8.94. The number of aromatic amines is 1. The van der Waals surface area contributed by atoms with Crippen molar-refractivity contribution in [2.75, 3.05) is 13.2 Å². The zero-order valence-electron chi connectivity index (χ0n) is 15.9. The van der Waals surface area contributed by atoms with Crippen molar-refractivity contribution in [3.05, 3.63) is 48.0 Å². The van der Waals surface area contributed by atoms with Gasteiger partial charge in [0.25, 0.3) is 0 Å². The maximum absolute atomic E-state index is 12.0. The number of esters is 2. The van der Waals surface area contributed by atoms with E-state index in [0.29, 0.717) is 17.9 Å². The number of rotatable bonds is 7. The van der Waals surface area contributed by atoms with Crippen molar-refractivity contribution >= 4 is 11.9 Å². The summed E-state index contributed by atoms with van der Waals surface area (Å²) in [6, 6.07) is 8.89. The van der Waals surface area contributed by atoms with E-state index in [2.05, 4.69) is 15.2 Å². The van der Waals surface area contributed by atoms with Gasteiger partial charge in [0.05, 0.1) is 25.1 Å². The molecule has 2 aromatic heterocycles. The SMILES string of the molecule is CCOC(=O)c1cnc(-c2cccc(-c3cc(C(=O)OCC(C)C)[nH]n3)c2)o1. The van der Waals surface area contributed by atoms with E-state index in [1.54, 1.807) is 25.1 Å². The van der Waals surface area contributed by atoms with E-state index in [0.717, 1.165) is 5.56 Å². The molecule has 0 aliphatic heterocycles. The van der Waals surface area contributed by atoms with Crippen molar-refractivity contribution in [3.8, 4) is 22.7 Å². The van der Waals surface area contributed by atoms with E-state index in [1.807, 2.05) is 26.0 Å². The van der Waals surface area contributed by atoms with Crippen LogP contribution in [0.4, 0.5) is 0 Å². The largest absolute Gasteiger partial charge is 0.461 e. The van der Waals surface area contributed by atoms with Crippen LogP contribution in [0.3, 0.4) is 0 Å². The topological polar surface area (TPSA) is 107 Å². The Bertz CT molecular complexity index is 974. The zero-order valence-corrected chi connectivity index (χ0v) is 15.9. The first-order valence-electron chi connectivity index (χ1n) is 8.94. The Balaban J connectivity index is 1.79. The molecule has 0 aliphatic rings. The quantitative estimate of drug-likeness (QED) is 0.620. The standard InChI is InChI=1S/C20H21N3O5/c1-4-26-20(25)17-10-21-18(28-17)14-7-5-6-13(8-14)15-9-16(23-22-15)19(24)27-11-12(2)3/h5-10,12H,4,11H2,1-3H3,(H,22,23). The maximum Gasteiger partial charge on any atom is 0.375 e. The predicted octanol–water partition coefficient (Wildman–Crippen LogP) is 3.72. The minimum atomic E-state index is -0.561. The fourth-order valence-corrected chi connectivity index (χ4v) is 2.41. The molecule has 146 valence electrons. The predicted molar refractivity (Wildman–Crippen MR) is 101 cm³/mol. The van der Waals surface area contributed by atoms with Crippen molar-refractivity contribution in [1.29, 1.82) is 0 Å². The number of nitrogens with one attached hydrogen (secondary N) is 1. The molecule has 3 aromatic rings. The minimum absolute atomic E-state index is 0.0391. The number of aromatic nitrogens is 3. The lowest BCUT2D eigenvalue weighted by Crippen LogP contribution is -2.10. The summed E-state index contributed by atoms with van der Waals surface area (Å²) in [5.74, 6) is -0.429. The van der Waals surface area contributed by atoms with Crippen molar-refractivity contribution in [3.63, 3.8) is 0 Å². The van der Waals surface area contributed by atoms with Gasteiger partial charge in [0.2, 0.25) is 11.7 Å². The molecule has 0 unspecified atom stereocenters. The number of hydrogen-bond donors (Lipinski definition) is 1. The Morgan fingerprint density at radius 2 is 1.93 bits per heavy atom. The molecule has 0 atom stereocenters. The van der Waals surface area contributed by atoms with Crippen LogP contribution in [-0.2, 0) is 9.47 Å². The van der Waals surface area contributed by atoms with E-state index < -0.39 is 11.9 Å². The second-order valence-corrected chi connectivity index (χ2v) is 6.49. The monoisotopic (exact) mass is 383 g/mol. The van der Waals surface area contributed by atoms with Crippen LogP contribution in [0.1, 0.15) is 41.8 Å². The highest BCUT2D eigenvalue weighted by Gasteiger charge is 2.16. The van der Waals surface area contributed by atoms with E-state index >= 15 is 0 Å². The molecule has 28 heavy (non-hydrogen) atoms. The Kier molecular flexibility index (Phi) is 5.88. The molecule has 0 radical (unpaired) electrons. The van der Waals surface area contributed by atoms with Gasteiger partial charge in [-0.15, -0.1) is 0 Å². The highest BCUT2D eigenvalue weighted by Crippen LogP contribution is 2.26. The van der Waals surface area contributed by atoms with Gasteiger partial charge < -0.3 is 13.9 Å². The lowest BCUT2D eigenvalue weighted by Gasteiger charge is -2.04. The molecule has 0 saturated carbocycles. The summed E-state index contributed by atoms with van der Waals surface area (Å²) in [5, 5.41) is 6.87. The molecular formula is C20H21N3O5. The molecule has 3 rings (SSSR count). The molecule has 0 saturated heterocycles. The third-order valence-electron chi connectivity index (χ3n) is 3.73. The normalized spacial score (nSPS) is 10.9.